The van der Waals surface area contributed by atoms with E-state index in [4.69, 9.17) is 16.3 Å². The Morgan fingerprint density at radius 2 is 1.90 bits per heavy atom. The van der Waals surface area contributed by atoms with Crippen LogP contribution in [0.1, 0.15) is 36.2 Å². The number of aromatic carboxylic acids is 1. The Morgan fingerprint density at radius 3 is 2.55 bits per heavy atom. The summed E-state index contributed by atoms with van der Waals surface area (Å²) in [5.41, 5.74) is 0.947. The van der Waals surface area contributed by atoms with Crippen LogP contribution in [0.25, 0.3) is 0 Å². The average molecular weight is 449 g/mol. The molecule has 3 rings (SSSR count). The molecule has 2 aromatic rings. The van der Waals surface area contributed by atoms with E-state index in [2.05, 4.69) is 11.8 Å². The van der Waals surface area contributed by atoms with E-state index in [0.717, 1.165) is 12.0 Å². The number of hydrogen-bond acceptors (Lipinski definition) is 4. The minimum atomic E-state index is -1.17. The molecule has 1 N–H and O–H groups in total. The second-order valence-electron chi connectivity index (χ2n) is 7.75. The first-order chi connectivity index (χ1) is 14.8. The van der Waals surface area contributed by atoms with Crippen molar-refractivity contribution in [2.75, 3.05) is 19.7 Å². The smallest absolute Gasteiger partial charge is 0.339 e. The van der Waals surface area contributed by atoms with Gasteiger partial charge in [0.25, 0.3) is 5.91 Å². The first kappa shape index (κ1) is 23.0. The molecular weight excluding hydrogens is 423 g/mol. The third-order valence-electron chi connectivity index (χ3n) is 5.57. The van der Waals surface area contributed by atoms with Crippen molar-refractivity contribution in [1.29, 1.82) is 0 Å². The number of carbonyl (C=O) groups excluding carboxylic acids is 1. The predicted molar refractivity (Wildman–Crippen MR) is 116 cm³/mol. The molecule has 1 aliphatic rings. The van der Waals surface area contributed by atoms with Gasteiger partial charge in [-0.1, -0.05) is 30.7 Å². The Bertz CT molecular complexity index is 938. The van der Waals surface area contributed by atoms with Gasteiger partial charge in [0.2, 0.25) is 0 Å². The summed E-state index contributed by atoms with van der Waals surface area (Å²) in [4.78, 5) is 28.4. The monoisotopic (exact) mass is 448 g/mol. The maximum Gasteiger partial charge on any atom is 0.339 e. The van der Waals surface area contributed by atoms with Crippen molar-refractivity contribution >= 4 is 23.5 Å². The first-order valence-electron chi connectivity index (χ1n) is 10.2. The van der Waals surface area contributed by atoms with Gasteiger partial charge in [0.05, 0.1) is 0 Å². The van der Waals surface area contributed by atoms with Crippen molar-refractivity contribution in [2.24, 2.45) is 0 Å². The van der Waals surface area contributed by atoms with E-state index in [1.165, 1.54) is 30.3 Å². The molecule has 1 heterocycles. The molecule has 0 radical (unpaired) electrons. The summed E-state index contributed by atoms with van der Waals surface area (Å²) < 4.78 is 18.7. The molecule has 2 atom stereocenters. The van der Waals surface area contributed by atoms with Gasteiger partial charge >= 0.3 is 5.97 Å². The van der Waals surface area contributed by atoms with Crippen LogP contribution in [-0.4, -0.2) is 58.6 Å². The second kappa shape index (κ2) is 10.1. The highest BCUT2D eigenvalue weighted by Crippen LogP contribution is 2.24. The van der Waals surface area contributed by atoms with Crippen molar-refractivity contribution < 1.29 is 23.8 Å². The zero-order chi connectivity index (χ0) is 22.5. The summed E-state index contributed by atoms with van der Waals surface area (Å²) in [7, 11) is 0. The molecule has 0 saturated carbocycles. The van der Waals surface area contributed by atoms with Crippen LogP contribution in [-0.2, 0) is 11.3 Å². The van der Waals surface area contributed by atoms with Crippen LogP contribution >= 0.6 is 11.6 Å². The Hall–Kier alpha value is -2.64. The fraction of sp³-hybridized carbons (Fsp3) is 0.391. The lowest BCUT2D eigenvalue weighted by molar-refractivity contribution is -0.139. The molecule has 0 aromatic heterocycles. The van der Waals surface area contributed by atoms with Gasteiger partial charge in [0.1, 0.15) is 17.1 Å². The van der Waals surface area contributed by atoms with E-state index < -0.39 is 5.97 Å². The molecule has 1 fully saturated rings. The van der Waals surface area contributed by atoms with Crippen LogP contribution in [0.15, 0.2) is 42.5 Å². The molecule has 1 amide bonds. The third kappa shape index (κ3) is 5.74. The summed E-state index contributed by atoms with van der Waals surface area (Å²) in [6.45, 7) is 5.72. The first-order valence-corrected chi connectivity index (χ1v) is 10.6. The molecular formula is C23H26ClFN2O4. The number of amides is 1. The maximum atomic E-state index is 13.2. The largest absolute Gasteiger partial charge is 0.483 e. The Kier molecular flexibility index (Phi) is 7.51. The molecule has 2 aromatic carbocycles. The molecule has 166 valence electrons. The minimum Gasteiger partial charge on any atom is -0.483 e. The van der Waals surface area contributed by atoms with Gasteiger partial charge in [-0.05, 0) is 49.2 Å². The Labute approximate surface area is 186 Å². The highest BCUT2D eigenvalue weighted by atomic mass is 35.5. The predicted octanol–water partition coefficient (Wildman–Crippen LogP) is 4.07. The summed E-state index contributed by atoms with van der Waals surface area (Å²) in [6.07, 6.45) is 0.860. The van der Waals surface area contributed by atoms with Crippen molar-refractivity contribution in [1.82, 2.24) is 9.80 Å². The number of benzene rings is 2. The Balaban J connectivity index is 1.64. The lowest BCUT2D eigenvalue weighted by Gasteiger charge is -2.45. The quantitative estimate of drug-likeness (QED) is 0.691. The summed E-state index contributed by atoms with van der Waals surface area (Å²) in [5, 5.41) is 9.60. The fourth-order valence-electron chi connectivity index (χ4n) is 3.88. The van der Waals surface area contributed by atoms with E-state index >= 15 is 0 Å². The molecule has 6 nitrogen and oxygen atoms in total. The number of carboxylic acid groups (broad SMARTS) is 1. The van der Waals surface area contributed by atoms with E-state index in [0.29, 0.717) is 19.6 Å². The second-order valence-corrected chi connectivity index (χ2v) is 8.18. The molecule has 0 aliphatic carbocycles. The lowest BCUT2D eigenvalue weighted by Crippen LogP contribution is -2.59. The van der Waals surface area contributed by atoms with Gasteiger partial charge in [-0.25, -0.2) is 9.18 Å². The molecule has 8 heteroatoms. The van der Waals surface area contributed by atoms with Gasteiger partial charge < -0.3 is 14.7 Å². The number of carboxylic acids is 1. The third-order valence-corrected chi connectivity index (χ3v) is 5.80. The maximum absolute atomic E-state index is 13.2. The normalized spacial score (nSPS) is 19.3. The summed E-state index contributed by atoms with van der Waals surface area (Å²) in [6, 6.07) is 10.9. The van der Waals surface area contributed by atoms with Crippen molar-refractivity contribution in [3.05, 3.63) is 64.4 Å². The van der Waals surface area contributed by atoms with Crippen LogP contribution in [0.3, 0.4) is 0 Å². The highest BCUT2D eigenvalue weighted by molar-refractivity contribution is 6.31. The van der Waals surface area contributed by atoms with Crippen molar-refractivity contribution in [3.63, 3.8) is 0 Å². The molecule has 0 spiro atoms. The van der Waals surface area contributed by atoms with Crippen molar-refractivity contribution in [3.8, 4) is 5.75 Å². The van der Waals surface area contributed by atoms with E-state index in [9.17, 15) is 19.1 Å². The van der Waals surface area contributed by atoms with Gasteiger partial charge in [-0.3, -0.25) is 9.69 Å². The standard InChI is InChI=1S/C23H26ClFN2O4/c1-3-19-13-27(15(2)11-26(19)12-16-4-7-18(25)8-5-16)22(28)14-31-21-9-6-17(24)10-20(21)23(29)30/h4-10,15,19H,3,11-14H2,1-2H3,(H,29,30). The fourth-order valence-corrected chi connectivity index (χ4v) is 4.05. The van der Waals surface area contributed by atoms with Crippen LogP contribution in [0.5, 0.6) is 5.75 Å². The molecule has 0 bridgehead atoms. The van der Waals surface area contributed by atoms with Gasteiger partial charge in [0, 0.05) is 36.7 Å². The molecule has 1 aliphatic heterocycles. The van der Waals surface area contributed by atoms with E-state index in [-0.39, 0.29) is 46.8 Å². The number of carbonyl (C=O) groups is 2. The summed E-state index contributed by atoms with van der Waals surface area (Å²) in [5.74, 6) is -1.51. The van der Waals surface area contributed by atoms with Crippen LogP contribution in [0.4, 0.5) is 4.39 Å². The minimum absolute atomic E-state index is 0.0384. The lowest BCUT2D eigenvalue weighted by atomic mass is 10.0. The van der Waals surface area contributed by atoms with Gasteiger partial charge in [-0.15, -0.1) is 0 Å². The topological polar surface area (TPSA) is 70.1 Å². The number of nitrogens with zero attached hydrogens (tertiary/aromatic N) is 2. The van der Waals surface area contributed by atoms with Gasteiger partial charge in [0.15, 0.2) is 6.61 Å². The number of hydrogen-bond donors (Lipinski definition) is 1. The zero-order valence-corrected chi connectivity index (χ0v) is 18.3. The average Bonchev–Trinajstić information content (AvgIpc) is 2.74. The number of piperazine rings is 1. The van der Waals surface area contributed by atoms with Crippen LogP contribution in [0, 0.1) is 5.82 Å². The Morgan fingerprint density at radius 1 is 1.19 bits per heavy atom. The molecule has 31 heavy (non-hydrogen) atoms. The number of rotatable bonds is 7. The van der Waals surface area contributed by atoms with Crippen LogP contribution < -0.4 is 4.74 Å². The van der Waals surface area contributed by atoms with E-state index in [1.807, 2.05) is 6.92 Å². The molecule has 2 unspecified atom stereocenters. The zero-order valence-electron chi connectivity index (χ0n) is 17.6. The number of ether oxygens (including phenoxy) is 1. The van der Waals surface area contributed by atoms with E-state index in [1.54, 1.807) is 17.0 Å². The van der Waals surface area contributed by atoms with Gasteiger partial charge in [-0.2, -0.15) is 0 Å². The molecule has 1 saturated heterocycles. The highest BCUT2D eigenvalue weighted by Gasteiger charge is 2.33. The summed E-state index contributed by atoms with van der Waals surface area (Å²) >= 11 is 5.86. The SMILES string of the molecule is CCC1CN(C(=O)COc2ccc(Cl)cc2C(=O)O)C(C)CN1Cc1ccc(F)cc1. The van der Waals surface area contributed by atoms with Crippen molar-refractivity contribution in [2.45, 2.75) is 38.9 Å². The number of halogens is 2. The van der Waals surface area contributed by atoms with Crippen LogP contribution in [0.2, 0.25) is 5.02 Å².